The summed E-state index contributed by atoms with van der Waals surface area (Å²) in [5, 5.41) is 2.28. The lowest BCUT2D eigenvalue weighted by Crippen LogP contribution is -2.44. The van der Waals surface area contributed by atoms with Crippen molar-refractivity contribution in [2.24, 2.45) is 0 Å². The van der Waals surface area contributed by atoms with Gasteiger partial charge in [0.05, 0.1) is 11.0 Å². The molecule has 1 saturated heterocycles. The van der Waals surface area contributed by atoms with Gasteiger partial charge in [-0.15, -0.1) is 0 Å². The lowest BCUT2D eigenvalue weighted by molar-refractivity contribution is -0.135. The smallest absolute Gasteiger partial charge is 0.295 e. The second-order valence-corrected chi connectivity index (χ2v) is 7.24. The van der Waals surface area contributed by atoms with Crippen LogP contribution in [0.4, 0.5) is 4.39 Å². The Balaban J connectivity index is 1.97. The molecule has 1 aromatic heterocycles. The van der Waals surface area contributed by atoms with Crippen LogP contribution in [0.15, 0.2) is 16.9 Å². The fourth-order valence-electron chi connectivity index (χ4n) is 3.63. The minimum absolute atomic E-state index is 0.00824. The van der Waals surface area contributed by atoms with Gasteiger partial charge in [-0.2, -0.15) is 0 Å². The van der Waals surface area contributed by atoms with Crippen LogP contribution < -0.4 is 11.0 Å². The summed E-state index contributed by atoms with van der Waals surface area (Å²) >= 11 is 0. The van der Waals surface area contributed by atoms with Crippen molar-refractivity contribution in [1.82, 2.24) is 14.5 Å². The van der Waals surface area contributed by atoms with Crippen molar-refractivity contribution >= 4 is 22.8 Å². The normalized spacial score (nSPS) is 21.2. The number of rotatable bonds is 3. The van der Waals surface area contributed by atoms with Gasteiger partial charge in [0, 0.05) is 18.5 Å². The Hall–Kier alpha value is -2.44. The summed E-state index contributed by atoms with van der Waals surface area (Å²) in [6.45, 7) is 3.81. The number of fused-ring (bicyclic) bond motifs is 1. The minimum atomic E-state index is -0.781. The molecule has 7 heteroatoms. The van der Waals surface area contributed by atoms with E-state index >= 15 is 0 Å². The third-order valence-electron chi connectivity index (χ3n) is 5.08. The Morgan fingerprint density at radius 2 is 1.76 bits per heavy atom. The van der Waals surface area contributed by atoms with Crippen LogP contribution in [0.1, 0.15) is 63.1 Å². The molecule has 4 rings (SSSR count). The van der Waals surface area contributed by atoms with Crippen LogP contribution in [-0.4, -0.2) is 20.9 Å². The summed E-state index contributed by atoms with van der Waals surface area (Å²) in [6.07, 6.45) is 2.24. The van der Waals surface area contributed by atoms with E-state index in [1.165, 1.54) is 10.6 Å². The van der Waals surface area contributed by atoms with Crippen LogP contribution in [0.2, 0.25) is 0 Å². The van der Waals surface area contributed by atoms with E-state index in [1.54, 1.807) is 10.6 Å². The zero-order chi connectivity index (χ0) is 17.9. The molecule has 2 fully saturated rings. The van der Waals surface area contributed by atoms with Gasteiger partial charge in [-0.25, -0.2) is 9.18 Å². The van der Waals surface area contributed by atoms with Gasteiger partial charge >= 0.3 is 5.69 Å². The molecule has 0 radical (unpaired) electrons. The molecule has 0 bridgehead atoms. The first-order valence-electron chi connectivity index (χ1n) is 8.68. The number of hydrogen-bond donors (Lipinski definition) is 1. The second kappa shape index (κ2) is 5.54. The molecule has 1 unspecified atom stereocenters. The van der Waals surface area contributed by atoms with Gasteiger partial charge in [0.15, 0.2) is 0 Å². The van der Waals surface area contributed by atoms with Crippen LogP contribution in [-0.2, 0) is 9.59 Å². The van der Waals surface area contributed by atoms with Crippen LogP contribution in [0.3, 0.4) is 0 Å². The first-order valence-corrected chi connectivity index (χ1v) is 8.68. The van der Waals surface area contributed by atoms with Crippen molar-refractivity contribution < 1.29 is 14.0 Å². The molecule has 132 valence electrons. The second-order valence-electron chi connectivity index (χ2n) is 7.24. The Kier molecular flexibility index (Phi) is 3.56. The molecule has 1 aliphatic heterocycles. The molecule has 2 aromatic rings. The first kappa shape index (κ1) is 16.1. The predicted octanol–water partition coefficient (Wildman–Crippen LogP) is 2.38. The summed E-state index contributed by atoms with van der Waals surface area (Å²) in [4.78, 5) is 36.7. The molecule has 6 nitrogen and oxygen atoms in total. The van der Waals surface area contributed by atoms with E-state index in [2.05, 4.69) is 5.32 Å². The summed E-state index contributed by atoms with van der Waals surface area (Å²) in [6, 6.07) is 2.42. The zero-order valence-corrected chi connectivity index (χ0v) is 14.2. The summed E-state index contributed by atoms with van der Waals surface area (Å²) in [5.41, 5.74) is 1.35. The maximum Gasteiger partial charge on any atom is 0.330 e. The number of piperidine rings is 1. The SMILES string of the molecule is CC(C)c1cc2c(cc1F)n(C1CCC(=O)NC1=O)c(=O)n2C1CC1. The summed E-state index contributed by atoms with van der Waals surface area (Å²) < 4.78 is 17.6. The number of aromatic nitrogens is 2. The number of benzene rings is 1. The Bertz CT molecular complexity index is 953. The average molecular weight is 345 g/mol. The van der Waals surface area contributed by atoms with Crippen LogP contribution in [0.25, 0.3) is 11.0 Å². The summed E-state index contributed by atoms with van der Waals surface area (Å²) in [5.74, 6) is -1.22. The van der Waals surface area contributed by atoms with Crippen molar-refractivity contribution in [3.05, 3.63) is 34.0 Å². The predicted molar refractivity (Wildman–Crippen MR) is 89.9 cm³/mol. The molecule has 0 spiro atoms. The lowest BCUT2D eigenvalue weighted by Gasteiger charge is -2.22. The maximum atomic E-state index is 14.6. The number of halogens is 1. The fraction of sp³-hybridized carbons (Fsp3) is 0.500. The number of carbonyl (C=O) groups is 2. The highest BCUT2D eigenvalue weighted by molar-refractivity contribution is 6.00. The van der Waals surface area contributed by atoms with Crippen molar-refractivity contribution in [3.63, 3.8) is 0 Å². The maximum absolute atomic E-state index is 14.6. The van der Waals surface area contributed by atoms with E-state index in [0.717, 1.165) is 12.8 Å². The average Bonchev–Trinajstić information content (AvgIpc) is 3.32. The van der Waals surface area contributed by atoms with Gasteiger partial charge in [0.1, 0.15) is 11.9 Å². The van der Waals surface area contributed by atoms with E-state index in [-0.39, 0.29) is 42.2 Å². The molecule has 2 aliphatic rings. The van der Waals surface area contributed by atoms with Crippen LogP contribution >= 0.6 is 0 Å². The molecular weight excluding hydrogens is 325 g/mol. The minimum Gasteiger partial charge on any atom is -0.295 e. The largest absolute Gasteiger partial charge is 0.330 e. The molecule has 1 atom stereocenters. The van der Waals surface area contributed by atoms with Gasteiger partial charge in [0.2, 0.25) is 11.8 Å². The number of nitrogens with one attached hydrogen (secondary N) is 1. The van der Waals surface area contributed by atoms with Gasteiger partial charge in [-0.3, -0.25) is 24.0 Å². The van der Waals surface area contributed by atoms with Crippen LogP contribution in [0.5, 0.6) is 0 Å². The number of imidazole rings is 1. The molecular formula is C18H20FN3O3. The highest BCUT2D eigenvalue weighted by Gasteiger charge is 2.35. The quantitative estimate of drug-likeness (QED) is 0.868. The highest BCUT2D eigenvalue weighted by atomic mass is 19.1. The van der Waals surface area contributed by atoms with Gasteiger partial charge < -0.3 is 0 Å². The molecule has 2 amide bonds. The Labute approximate surface area is 143 Å². The van der Waals surface area contributed by atoms with Crippen molar-refractivity contribution in [1.29, 1.82) is 0 Å². The first-order chi connectivity index (χ1) is 11.9. The zero-order valence-electron chi connectivity index (χ0n) is 14.2. The topological polar surface area (TPSA) is 73.1 Å². The van der Waals surface area contributed by atoms with Gasteiger partial charge in [0.25, 0.3) is 0 Å². The third kappa shape index (κ3) is 2.49. The molecule has 1 aromatic carbocycles. The Morgan fingerprint density at radius 3 is 2.36 bits per heavy atom. The number of hydrogen-bond acceptors (Lipinski definition) is 3. The van der Waals surface area contributed by atoms with Crippen LogP contribution in [0, 0.1) is 5.82 Å². The lowest BCUT2D eigenvalue weighted by atomic mass is 10.0. The monoisotopic (exact) mass is 345 g/mol. The molecule has 1 aliphatic carbocycles. The van der Waals surface area contributed by atoms with Gasteiger partial charge in [-0.1, -0.05) is 13.8 Å². The van der Waals surface area contributed by atoms with E-state index in [9.17, 15) is 18.8 Å². The van der Waals surface area contributed by atoms with E-state index < -0.39 is 11.9 Å². The molecule has 1 saturated carbocycles. The highest BCUT2D eigenvalue weighted by Crippen LogP contribution is 2.38. The van der Waals surface area contributed by atoms with Crippen molar-refractivity contribution in [2.75, 3.05) is 0 Å². The standard InChI is InChI=1S/C18H20FN3O3/c1-9(2)11-7-14-15(8-12(11)19)22(18(25)21(14)10-3-4-10)13-5-6-16(23)20-17(13)24/h7-10,13H,3-6H2,1-2H3,(H,20,23,24). The summed E-state index contributed by atoms with van der Waals surface area (Å²) in [7, 11) is 0. The third-order valence-corrected chi connectivity index (χ3v) is 5.08. The van der Waals surface area contributed by atoms with E-state index in [4.69, 9.17) is 0 Å². The molecule has 25 heavy (non-hydrogen) atoms. The van der Waals surface area contributed by atoms with E-state index in [1.807, 2.05) is 13.8 Å². The van der Waals surface area contributed by atoms with Crippen molar-refractivity contribution in [2.45, 2.75) is 57.5 Å². The molecule has 2 heterocycles. The molecule has 1 N–H and O–H groups in total. The number of carbonyl (C=O) groups excluding carboxylic acids is 2. The number of nitrogens with zero attached hydrogens (tertiary/aromatic N) is 2. The Morgan fingerprint density at radius 1 is 1.08 bits per heavy atom. The number of amides is 2. The fourth-order valence-corrected chi connectivity index (χ4v) is 3.63. The number of imide groups is 1. The van der Waals surface area contributed by atoms with E-state index in [0.29, 0.717) is 16.6 Å². The van der Waals surface area contributed by atoms with Gasteiger partial charge in [-0.05, 0) is 36.8 Å². The van der Waals surface area contributed by atoms with Crippen molar-refractivity contribution in [3.8, 4) is 0 Å².